The number of benzene rings is 4. The van der Waals surface area contributed by atoms with Crippen molar-refractivity contribution in [2.24, 2.45) is 0 Å². The zero-order chi connectivity index (χ0) is 30.7. The minimum Gasteiger partial charge on any atom is -0.465 e. The molecule has 0 aliphatic carbocycles. The van der Waals surface area contributed by atoms with E-state index in [1.54, 1.807) is 78.9 Å². The molecule has 8 nitrogen and oxygen atoms in total. The lowest BCUT2D eigenvalue weighted by Crippen LogP contribution is -2.30. The highest BCUT2D eigenvalue weighted by molar-refractivity contribution is 8.00. The van der Waals surface area contributed by atoms with Crippen molar-refractivity contribution in [2.75, 3.05) is 10.6 Å². The van der Waals surface area contributed by atoms with Crippen LogP contribution in [0.3, 0.4) is 0 Å². The van der Waals surface area contributed by atoms with Crippen molar-refractivity contribution in [3.63, 3.8) is 0 Å². The number of rotatable bonds is 11. The zero-order valence-electron chi connectivity index (χ0n) is 23.7. The number of para-hydroxylation sites is 1. The van der Waals surface area contributed by atoms with Crippen molar-refractivity contribution in [3.05, 3.63) is 145 Å². The lowest BCUT2D eigenvalue weighted by atomic mass is 10.2. The molecule has 0 fully saturated rings. The van der Waals surface area contributed by atoms with Crippen molar-refractivity contribution in [2.45, 2.75) is 17.1 Å². The summed E-state index contributed by atoms with van der Waals surface area (Å²) < 4.78 is 11.1. The fourth-order valence-electron chi connectivity index (χ4n) is 4.01. The fraction of sp³-hybridized carbons (Fsp3) is 0.0571. The fourth-order valence-corrected chi connectivity index (χ4v) is 4.87. The predicted octanol–water partition coefficient (Wildman–Crippen LogP) is 7.60. The normalized spacial score (nSPS) is 11.7. The summed E-state index contributed by atoms with van der Waals surface area (Å²) >= 11 is 1.39. The number of carbonyl (C=O) groups excluding carboxylic acids is 3. The van der Waals surface area contributed by atoms with E-state index < -0.39 is 11.8 Å². The van der Waals surface area contributed by atoms with Gasteiger partial charge in [-0.1, -0.05) is 36.4 Å². The number of hydrogen-bond acceptors (Lipinski definition) is 6. The number of anilines is 2. The van der Waals surface area contributed by atoms with Crippen molar-refractivity contribution >= 4 is 46.9 Å². The molecule has 220 valence electrons. The van der Waals surface area contributed by atoms with E-state index >= 15 is 0 Å². The van der Waals surface area contributed by atoms with E-state index in [-0.39, 0.29) is 16.9 Å². The lowest BCUT2D eigenvalue weighted by molar-refractivity contribution is -0.115. The maximum atomic E-state index is 13.1. The smallest absolute Gasteiger partial charge is 0.272 e. The van der Waals surface area contributed by atoms with Gasteiger partial charge < -0.3 is 25.1 Å². The Kier molecular flexibility index (Phi) is 9.91. The number of furan rings is 1. The van der Waals surface area contributed by atoms with Crippen LogP contribution in [0, 0.1) is 0 Å². The molecule has 1 aromatic heterocycles. The first-order valence-corrected chi connectivity index (χ1v) is 14.6. The third-order valence-electron chi connectivity index (χ3n) is 6.25. The van der Waals surface area contributed by atoms with Crippen LogP contribution in [0.5, 0.6) is 11.5 Å². The second-order valence-corrected chi connectivity index (χ2v) is 11.0. The Hall–Kier alpha value is -5.54. The Morgan fingerprint density at radius 3 is 2.00 bits per heavy atom. The molecule has 9 heteroatoms. The van der Waals surface area contributed by atoms with Crippen molar-refractivity contribution < 1.29 is 23.5 Å². The molecule has 1 atom stereocenters. The number of amides is 3. The first kappa shape index (κ1) is 29.9. The molecule has 3 amide bonds. The summed E-state index contributed by atoms with van der Waals surface area (Å²) in [4.78, 5) is 39.6. The van der Waals surface area contributed by atoms with Gasteiger partial charge in [0.1, 0.15) is 23.0 Å². The predicted molar refractivity (Wildman–Crippen MR) is 173 cm³/mol. The molecule has 0 aliphatic rings. The molecule has 0 bridgehead atoms. The Balaban J connectivity index is 1.16. The van der Waals surface area contributed by atoms with E-state index in [2.05, 4.69) is 16.0 Å². The van der Waals surface area contributed by atoms with Gasteiger partial charge in [-0.05, 0) is 91.9 Å². The third kappa shape index (κ3) is 8.50. The van der Waals surface area contributed by atoms with Crippen LogP contribution >= 0.6 is 11.8 Å². The van der Waals surface area contributed by atoms with Gasteiger partial charge in [0, 0.05) is 27.9 Å². The lowest BCUT2D eigenvalue weighted by Gasteiger charge is -2.14. The van der Waals surface area contributed by atoms with Gasteiger partial charge in [-0.15, -0.1) is 11.8 Å². The minimum absolute atomic E-state index is 0.0252. The molecule has 1 unspecified atom stereocenters. The number of carbonyl (C=O) groups is 3. The van der Waals surface area contributed by atoms with Crippen LogP contribution in [0.15, 0.2) is 143 Å². The van der Waals surface area contributed by atoms with Crippen molar-refractivity contribution in [1.29, 1.82) is 0 Å². The number of hydrogen-bond donors (Lipinski definition) is 3. The van der Waals surface area contributed by atoms with Crippen LogP contribution in [0.4, 0.5) is 11.4 Å². The van der Waals surface area contributed by atoms with Crippen LogP contribution in [0.25, 0.3) is 6.08 Å². The van der Waals surface area contributed by atoms with E-state index in [0.29, 0.717) is 28.4 Å². The maximum absolute atomic E-state index is 13.1. The molecule has 44 heavy (non-hydrogen) atoms. The first-order valence-electron chi connectivity index (χ1n) is 13.8. The maximum Gasteiger partial charge on any atom is 0.272 e. The molecule has 5 rings (SSSR count). The molecule has 3 N–H and O–H groups in total. The zero-order valence-corrected chi connectivity index (χ0v) is 24.5. The molecular formula is C35H29N3O5S. The number of ether oxygens (including phenoxy) is 1. The summed E-state index contributed by atoms with van der Waals surface area (Å²) in [5.41, 5.74) is 1.63. The average Bonchev–Trinajstić information content (AvgIpc) is 3.57. The highest BCUT2D eigenvalue weighted by Crippen LogP contribution is 2.27. The van der Waals surface area contributed by atoms with Gasteiger partial charge in [-0.25, -0.2) is 0 Å². The Morgan fingerprint density at radius 2 is 1.34 bits per heavy atom. The average molecular weight is 604 g/mol. The van der Waals surface area contributed by atoms with Gasteiger partial charge in [0.05, 0.1) is 11.5 Å². The monoisotopic (exact) mass is 603 g/mol. The van der Waals surface area contributed by atoms with E-state index in [0.717, 1.165) is 10.6 Å². The summed E-state index contributed by atoms with van der Waals surface area (Å²) in [7, 11) is 0. The van der Waals surface area contributed by atoms with Crippen LogP contribution < -0.4 is 20.7 Å². The van der Waals surface area contributed by atoms with Crippen molar-refractivity contribution in [1.82, 2.24) is 5.32 Å². The van der Waals surface area contributed by atoms with Crippen molar-refractivity contribution in [3.8, 4) is 11.5 Å². The molecule has 0 radical (unpaired) electrons. The summed E-state index contributed by atoms with van der Waals surface area (Å²) in [6.45, 7) is 1.82. The second-order valence-electron chi connectivity index (χ2n) is 9.56. The van der Waals surface area contributed by atoms with Crippen LogP contribution in [0.2, 0.25) is 0 Å². The molecule has 1 heterocycles. The van der Waals surface area contributed by atoms with Gasteiger partial charge in [0.2, 0.25) is 5.91 Å². The van der Waals surface area contributed by atoms with E-state index in [1.165, 1.54) is 24.1 Å². The number of nitrogens with one attached hydrogen (secondary N) is 3. The number of thioether (sulfide) groups is 1. The standard InChI is InChI=1S/C35H29N3O5S/c1-24(33(39)36-26-14-18-29(19-15-26)43-28-11-6-3-7-12-28)44-31-20-16-27(17-21-31)37-35(41)32(23-30-13-8-22-42-30)38-34(40)25-9-4-2-5-10-25/h2-24H,1H3,(H,36,39)(H,37,41)(H,38,40)/b32-23-. The topological polar surface area (TPSA) is 110 Å². The molecular weight excluding hydrogens is 574 g/mol. The summed E-state index contributed by atoms with van der Waals surface area (Å²) in [5, 5.41) is 8.02. The molecule has 0 aliphatic heterocycles. The van der Waals surface area contributed by atoms with Crippen LogP contribution in [-0.4, -0.2) is 23.0 Å². The molecule has 0 spiro atoms. The summed E-state index contributed by atoms with van der Waals surface area (Å²) in [6, 6.07) is 35.8. The Labute approximate surface area is 259 Å². The Bertz CT molecular complexity index is 1720. The van der Waals surface area contributed by atoms with Gasteiger partial charge in [-0.3, -0.25) is 14.4 Å². The first-order chi connectivity index (χ1) is 21.4. The minimum atomic E-state index is -0.515. The molecule has 4 aromatic carbocycles. The molecule has 0 saturated heterocycles. The third-order valence-corrected chi connectivity index (χ3v) is 7.37. The van der Waals surface area contributed by atoms with Gasteiger partial charge >= 0.3 is 0 Å². The summed E-state index contributed by atoms with van der Waals surface area (Å²) in [6.07, 6.45) is 2.94. The highest BCUT2D eigenvalue weighted by Gasteiger charge is 2.17. The van der Waals surface area contributed by atoms with E-state index in [4.69, 9.17) is 9.15 Å². The highest BCUT2D eigenvalue weighted by atomic mass is 32.2. The van der Waals surface area contributed by atoms with Gasteiger partial charge in [0.15, 0.2) is 0 Å². The summed E-state index contributed by atoms with van der Waals surface area (Å²) in [5.74, 6) is 0.740. The largest absolute Gasteiger partial charge is 0.465 e. The van der Waals surface area contributed by atoms with Gasteiger partial charge in [0.25, 0.3) is 11.8 Å². The van der Waals surface area contributed by atoms with Crippen LogP contribution in [-0.2, 0) is 9.59 Å². The van der Waals surface area contributed by atoms with Gasteiger partial charge in [-0.2, -0.15) is 0 Å². The van der Waals surface area contributed by atoms with E-state index in [9.17, 15) is 14.4 Å². The molecule has 5 aromatic rings. The van der Waals surface area contributed by atoms with E-state index in [1.807, 2.05) is 49.4 Å². The van der Waals surface area contributed by atoms with Crippen LogP contribution in [0.1, 0.15) is 23.0 Å². The quantitative estimate of drug-likeness (QED) is 0.106. The Morgan fingerprint density at radius 1 is 0.727 bits per heavy atom. The SMILES string of the molecule is CC(Sc1ccc(NC(=O)/C(=C/c2ccco2)NC(=O)c2ccccc2)cc1)C(=O)Nc1ccc(Oc2ccccc2)cc1. The molecule has 0 saturated carbocycles. The second kappa shape index (κ2) is 14.6.